The van der Waals surface area contributed by atoms with Crippen LogP contribution in [0.15, 0.2) is 222 Å². The standard InChI is InChI=1S/C52H37N3S/c1-5-18-36(19-6-1)43-28-13-14-29-44(43)51-54-49(37-20-7-2-8-21-37)53-50(55-51)40-23-17-22-38(34-40)39-32-33-46-48(35-39)56-47-31-16-15-30-45(47)52(46,41-24-9-3-10-25-41)42-26-11-4-12-27-42/h1-35,43-44H. The van der Waals surface area contributed by atoms with E-state index in [1.54, 1.807) is 0 Å². The highest BCUT2D eigenvalue weighted by molar-refractivity contribution is 7.99. The lowest BCUT2D eigenvalue weighted by molar-refractivity contribution is 0.678. The lowest BCUT2D eigenvalue weighted by Crippen LogP contribution is -2.34. The number of hydrogen-bond donors (Lipinski definition) is 0. The number of hydrogen-bond acceptors (Lipinski definition) is 4. The van der Waals surface area contributed by atoms with Crippen LogP contribution in [-0.4, -0.2) is 15.0 Å². The lowest BCUT2D eigenvalue weighted by Gasteiger charge is -2.42. The molecule has 0 fully saturated rings. The second-order valence-electron chi connectivity index (χ2n) is 14.3. The van der Waals surface area contributed by atoms with E-state index >= 15 is 0 Å². The Hall–Kier alpha value is -6.62. The van der Waals surface area contributed by atoms with Gasteiger partial charge < -0.3 is 0 Å². The first-order chi connectivity index (χ1) is 27.8. The van der Waals surface area contributed by atoms with Gasteiger partial charge in [0.2, 0.25) is 0 Å². The molecule has 2 heterocycles. The molecule has 1 aliphatic carbocycles. The van der Waals surface area contributed by atoms with E-state index in [2.05, 4.69) is 194 Å². The van der Waals surface area contributed by atoms with Crippen molar-refractivity contribution >= 4 is 11.8 Å². The number of nitrogens with zero attached hydrogens (tertiary/aromatic N) is 3. The Kier molecular flexibility index (Phi) is 8.81. The van der Waals surface area contributed by atoms with Crippen molar-refractivity contribution in [1.29, 1.82) is 0 Å². The van der Waals surface area contributed by atoms with Gasteiger partial charge in [0.15, 0.2) is 11.6 Å². The van der Waals surface area contributed by atoms with Crippen LogP contribution in [0.3, 0.4) is 0 Å². The zero-order chi connectivity index (χ0) is 37.3. The molecule has 7 aromatic carbocycles. The van der Waals surface area contributed by atoms with Crippen molar-refractivity contribution in [3.63, 3.8) is 0 Å². The monoisotopic (exact) mass is 735 g/mol. The fourth-order valence-electron chi connectivity index (χ4n) is 8.46. The van der Waals surface area contributed by atoms with E-state index in [1.165, 1.54) is 37.6 Å². The first kappa shape index (κ1) is 33.9. The van der Waals surface area contributed by atoms with Crippen molar-refractivity contribution in [2.45, 2.75) is 27.0 Å². The third-order valence-electron chi connectivity index (χ3n) is 11.1. The minimum Gasteiger partial charge on any atom is -0.212 e. The molecule has 56 heavy (non-hydrogen) atoms. The summed E-state index contributed by atoms with van der Waals surface area (Å²) in [5.41, 5.74) is 10.1. The molecule has 0 saturated carbocycles. The van der Waals surface area contributed by atoms with Crippen LogP contribution in [0.25, 0.3) is 33.9 Å². The van der Waals surface area contributed by atoms with Gasteiger partial charge in [0.05, 0.1) is 5.41 Å². The van der Waals surface area contributed by atoms with Crippen molar-refractivity contribution in [2.24, 2.45) is 0 Å². The largest absolute Gasteiger partial charge is 0.212 e. The number of allylic oxidation sites excluding steroid dienone is 4. The first-order valence-corrected chi connectivity index (χ1v) is 19.9. The first-order valence-electron chi connectivity index (χ1n) is 19.1. The van der Waals surface area contributed by atoms with Crippen molar-refractivity contribution in [3.05, 3.63) is 246 Å². The normalized spacial score (nSPS) is 16.5. The molecule has 0 spiro atoms. The zero-order valence-electron chi connectivity index (χ0n) is 30.6. The van der Waals surface area contributed by atoms with Gasteiger partial charge in [-0.05, 0) is 57.1 Å². The Morgan fingerprint density at radius 2 is 0.929 bits per heavy atom. The van der Waals surface area contributed by atoms with E-state index in [4.69, 9.17) is 15.0 Å². The minimum absolute atomic E-state index is 0.0372. The maximum Gasteiger partial charge on any atom is 0.163 e. The van der Waals surface area contributed by atoms with Gasteiger partial charge in [-0.1, -0.05) is 206 Å². The Morgan fingerprint density at radius 1 is 0.393 bits per heavy atom. The maximum atomic E-state index is 5.23. The van der Waals surface area contributed by atoms with Crippen LogP contribution in [-0.2, 0) is 5.41 Å². The predicted octanol–water partition coefficient (Wildman–Crippen LogP) is 12.7. The number of fused-ring (bicyclic) bond motifs is 2. The molecular weight excluding hydrogens is 699 g/mol. The predicted molar refractivity (Wildman–Crippen MR) is 229 cm³/mol. The van der Waals surface area contributed by atoms with Crippen molar-refractivity contribution < 1.29 is 0 Å². The third-order valence-corrected chi connectivity index (χ3v) is 12.2. The van der Waals surface area contributed by atoms with Gasteiger partial charge in [0.1, 0.15) is 5.82 Å². The van der Waals surface area contributed by atoms with Crippen LogP contribution >= 0.6 is 11.8 Å². The van der Waals surface area contributed by atoms with Gasteiger partial charge in [0, 0.05) is 32.8 Å². The molecule has 0 radical (unpaired) electrons. The fourth-order valence-corrected chi connectivity index (χ4v) is 9.69. The number of aromatic nitrogens is 3. The van der Waals surface area contributed by atoms with E-state index in [0.717, 1.165) is 28.1 Å². The summed E-state index contributed by atoms with van der Waals surface area (Å²) in [7, 11) is 0. The van der Waals surface area contributed by atoms with Gasteiger partial charge in [-0.3, -0.25) is 0 Å². The minimum atomic E-state index is -0.463. The molecule has 0 N–H and O–H groups in total. The van der Waals surface area contributed by atoms with Crippen LogP contribution in [0.1, 0.15) is 45.5 Å². The molecular formula is C52H37N3S. The van der Waals surface area contributed by atoms with E-state index < -0.39 is 5.41 Å². The fraction of sp³-hybridized carbons (Fsp3) is 0.0577. The summed E-state index contributed by atoms with van der Waals surface area (Å²) in [6.45, 7) is 0. The van der Waals surface area contributed by atoms with E-state index in [-0.39, 0.29) is 11.8 Å². The Bertz CT molecular complexity index is 2690. The Balaban J connectivity index is 1.10. The molecule has 3 nitrogen and oxygen atoms in total. The summed E-state index contributed by atoms with van der Waals surface area (Å²) >= 11 is 1.85. The van der Waals surface area contributed by atoms with E-state index in [9.17, 15) is 0 Å². The van der Waals surface area contributed by atoms with Gasteiger partial charge in [-0.2, -0.15) is 0 Å². The number of rotatable bonds is 7. The molecule has 0 bridgehead atoms. The second kappa shape index (κ2) is 14.6. The van der Waals surface area contributed by atoms with Crippen molar-refractivity contribution in [3.8, 4) is 33.9 Å². The van der Waals surface area contributed by atoms with Gasteiger partial charge in [0.25, 0.3) is 0 Å². The topological polar surface area (TPSA) is 38.7 Å². The zero-order valence-corrected chi connectivity index (χ0v) is 31.4. The molecule has 0 saturated heterocycles. The SMILES string of the molecule is C1=CC(c2ccccc2)C(c2nc(-c3ccccc3)nc(-c3cccc(-c4ccc5c(c4)Sc4ccccc4C5(c4ccccc4)c4ccccc4)c3)n2)C=C1. The Labute approximate surface area is 332 Å². The van der Waals surface area contributed by atoms with Crippen LogP contribution in [0.2, 0.25) is 0 Å². The molecule has 10 rings (SSSR count). The van der Waals surface area contributed by atoms with Crippen LogP contribution in [0.5, 0.6) is 0 Å². The highest BCUT2D eigenvalue weighted by Gasteiger charge is 2.44. The molecule has 8 aromatic rings. The van der Waals surface area contributed by atoms with E-state index in [0.29, 0.717) is 11.6 Å². The lowest BCUT2D eigenvalue weighted by atomic mass is 9.64. The summed E-state index contributed by atoms with van der Waals surface area (Å²) in [5.74, 6) is 2.18. The highest BCUT2D eigenvalue weighted by Crippen LogP contribution is 2.56. The molecule has 1 aliphatic heterocycles. The van der Waals surface area contributed by atoms with Crippen molar-refractivity contribution in [2.75, 3.05) is 0 Å². The second-order valence-corrected chi connectivity index (χ2v) is 15.4. The molecule has 4 heteroatoms. The summed E-state index contributed by atoms with van der Waals surface area (Å²) in [5, 5.41) is 0. The quantitative estimate of drug-likeness (QED) is 0.163. The summed E-state index contributed by atoms with van der Waals surface area (Å²) < 4.78 is 0. The highest BCUT2D eigenvalue weighted by atomic mass is 32.2. The van der Waals surface area contributed by atoms with Crippen LogP contribution in [0, 0.1) is 0 Å². The molecule has 2 unspecified atom stereocenters. The average Bonchev–Trinajstić information content (AvgIpc) is 3.29. The van der Waals surface area contributed by atoms with Crippen molar-refractivity contribution in [1.82, 2.24) is 15.0 Å². The third kappa shape index (κ3) is 6.00. The van der Waals surface area contributed by atoms with Gasteiger partial charge in [-0.15, -0.1) is 0 Å². The molecule has 2 aliphatic rings. The molecule has 266 valence electrons. The molecule has 1 aromatic heterocycles. The van der Waals surface area contributed by atoms with Crippen LogP contribution < -0.4 is 0 Å². The molecule has 0 amide bonds. The smallest absolute Gasteiger partial charge is 0.163 e. The van der Waals surface area contributed by atoms with Gasteiger partial charge >= 0.3 is 0 Å². The summed E-state index contributed by atoms with van der Waals surface area (Å²) in [6, 6.07) is 67.3. The van der Waals surface area contributed by atoms with Gasteiger partial charge in [-0.25, -0.2) is 15.0 Å². The van der Waals surface area contributed by atoms with Crippen LogP contribution in [0.4, 0.5) is 0 Å². The average molecular weight is 736 g/mol. The maximum absolute atomic E-state index is 5.23. The molecule has 2 atom stereocenters. The summed E-state index contributed by atoms with van der Waals surface area (Å²) in [6.07, 6.45) is 8.70. The number of benzene rings is 7. The Morgan fingerprint density at radius 3 is 1.64 bits per heavy atom. The van der Waals surface area contributed by atoms with E-state index in [1.807, 2.05) is 30.0 Å². The summed E-state index contributed by atoms with van der Waals surface area (Å²) in [4.78, 5) is 18.0.